The molecule has 0 radical (unpaired) electrons. The van der Waals surface area contributed by atoms with Crippen LogP contribution in [0.15, 0.2) is 18.2 Å². The first-order chi connectivity index (χ1) is 9.29. The summed E-state index contributed by atoms with van der Waals surface area (Å²) in [6, 6.07) is 5.41. The molecule has 1 aliphatic rings. The zero-order chi connectivity index (χ0) is 13.5. The predicted molar refractivity (Wildman–Crippen MR) is 74.5 cm³/mol. The van der Waals surface area contributed by atoms with E-state index in [1.807, 2.05) is 12.1 Å². The van der Waals surface area contributed by atoms with Crippen molar-refractivity contribution in [2.24, 2.45) is 5.92 Å². The fraction of sp³-hybridized carbons (Fsp3) is 0.600. The molecule has 0 heterocycles. The van der Waals surface area contributed by atoms with Gasteiger partial charge in [-0.15, -0.1) is 0 Å². The Morgan fingerprint density at radius 3 is 2.95 bits per heavy atom. The molecule has 106 valence electrons. The van der Waals surface area contributed by atoms with E-state index in [0.29, 0.717) is 5.75 Å². The van der Waals surface area contributed by atoms with Gasteiger partial charge in [-0.3, -0.25) is 0 Å². The minimum atomic E-state index is 0.180. The number of nitrogens with one attached hydrogen (secondary N) is 1. The molecule has 2 rings (SSSR count). The third-order valence-corrected chi connectivity index (χ3v) is 3.27. The van der Waals surface area contributed by atoms with Crippen molar-refractivity contribution in [1.29, 1.82) is 0 Å². The third kappa shape index (κ3) is 5.09. The van der Waals surface area contributed by atoms with E-state index in [0.717, 1.165) is 44.2 Å². The maximum atomic E-state index is 9.49. The van der Waals surface area contributed by atoms with Gasteiger partial charge in [0.25, 0.3) is 0 Å². The van der Waals surface area contributed by atoms with Crippen molar-refractivity contribution in [2.75, 3.05) is 26.9 Å². The number of phenolic OH excluding ortho intramolecular Hbond substituents is 1. The summed E-state index contributed by atoms with van der Waals surface area (Å²) in [4.78, 5) is 0. The van der Waals surface area contributed by atoms with Gasteiger partial charge in [-0.2, -0.15) is 0 Å². The SMILES string of the molecule is COc1cc(CNCCCOCC2CC2)ccc1O. The normalized spacial score (nSPS) is 14.6. The highest BCUT2D eigenvalue weighted by molar-refractivity contribution is 5.41. The van der Waals surface area contributed by atoms with Crippen LogP contribution in [0.25, 0.3) is 0 Å². The molecule has 1 aromatic carbocycles. The lowest BCUT2D eigenvalue weighted by Gasteiger charge is -2.08. The molecule has 0 spiro atoms. The quantitative estimate of drug-likeness (QED) is 0.673. The van der Waals surface area contributed by atoms with Crippen LogP contribution in [0.2, 0.25) is 0 Å². The first-order valence-electron chi connectivity index (χ1n) is 6.94. The lowest BCUT2D eigenvalue weighted by molar-refractivity contribution is 0.122. The standard InChI is InChI=1S/C15H23NO3/c1-18-15-9-13(5-6-14(15)17)10-16-7-2-8-19-11-12-3-4-12/h5-6,9,12,16-17H,2-4,7-8,10-11H2,1H3. The fourth-order valence-corrected chi connectivity index (χ4v) is 1.90. The Labute approximate surface area is 114 Å². The molecular formula is C15H23NO3. The van der Waals surface area contributed by atoms with E-state index in [2.05, 4.69) is 5.32 Å². The number of hydrogen-bond donors (Lipinski definition) is 2. The highest BCUT2D eigenvalue weighted by Crippen LogP contribution is 2.28. The average Bonchev–Trinajstić information content (AvgIpc) is 3.23. The summed E-state index contributed by atoms with van der Waals surface area (Å²) in [5.74, 6) is 1.55. The molecule has 0 aliphatic heterocycles. The number of ether oxygens (including phenoxy) is 2. The largest absolute Gasteiger partial charge is 0.504 e. The smallest absolute Gasteiger partial charge is 0.160 e. The Balaban J connectivity index is 1.56. The summed E-state index contributed by atoms with van der Waals surface area (Å²) < 4.78 is 10.6. The molecule has 1 saturated carbocycles. The van der Waals surface area contributed by atoms with E-state index < -0.39 is 0 Å². The first kappa shape index (κ1) is 14.2. The maximum absolute atomic E-state index is 9.49. The molecule has 1 aliphatic carbocycles. The Hall–Kier alpha value is -1.26. The molecule has 0 atom stereocenters. The van der Waals surface area contributed by atoms with Crippen molar-refractivity contribution >= 4 is 0 Å². The van der Waals surface area contributed by atoms with Crippen molar-refractivity contribution in [3.8, 4) is 11.5 Å². The molecule has 0 amide bonds. The number of hydrogen-bond acceptors (Lipinski definition) is 4. The highest BCUT2D eigenvalue weighted by Gasteiger charge is 2.20. The van der Waals surface area contributed by atoms with Gasteiger partial charge in [0, 0.05) is 19.8 Å². The van der Waals surface area contributed by atoms with E-state index in [1.54, 1.807) is 13.2 Å². The fourth-order valence-electron chi connectivity index (χ4n) is 1.90. The molecule has 1 aromatic rings. The van der Waals surface area contributed by atoms with Crippen molar-refractivity contribution < 1.29 is 14.6 Å². The van der Waals surface area contributed by atoms with Crippen LogP contribution in [-0.4, -0.2) is 32.0 Å². The van der Waals surface area contributed by atoms with Crippen LogP contribution in [0.5, 0.6) is 11.5 Å². The summed E-state index contributed by atoms with van der Waals surface area (Å²) in [5.41, 5.74) is 1.11. The molecule has 0 aromatic heterocycles. The lowest BCUT2D eigenvalue weighted by Crippen LogP contribution is -2.16. The number of aromatic hydroxyl groups is 1. The molecule has 2 N–H and O–H groups in total. The zero-order valence-electron chi connectivity index (χ0n) is 11.5. The Bertz CT molecular complexity index is 391. The van der Waals surface area contributed by atoms with Crippen molar-refractivity contribution in [2.45, 2.75) is 25.8 Å². The summed E-state index contributed by atoms with van der Waals surface area (Å²) in [6.07, 6.45) is 3.73. The second kappa shape index (κ2) is 7.36. The Morgan fingerprint density at radius 1 is 1.37 bits per heavy atom. The lowest BCUT2D eigenvalue weighted by atomic mass is 10.2. The summed E-state index contributed by atoms with van der Waals surface area (Å²) in [6.45, 7) is 3.49. The van der Waals surface area contributed by atoms with Crippen molar-refractivity contribution in [3.05, 3.63) is 23.8 Å². The minimum absolute atomic E-state index is 0.180. The van der Waals surface area contributed by atoms with Crippen LogP contribution in [0.3, 0.4) is 0 Å². The Kier molecular flexibility index (Phi) is 5.48. The van der Waals surface area contributed by atoms with Crippen LogP contribution in [-0.2, 0) is 11.3 Å². The van der Waals surface area contributed by atoms with Crippen LogP contribution in [0, 0.1) is 5.92 Å². The molecular weight excluding hydrogens is 242 g/mol. The van der Waals surface area contributed by atoms with E-state index in [-0.39, 0.29) is 5.75 Å². The van der Waals surface area contributed by atoms with Gasteiger partial charge >= 0.3 is 0 Å². The van der Waals surface area contributed by atoms with Crippen LogP contribution in [0.4, 0.5) is 0 Å². The molecule has 4 heteroatoms. The van der Waals surface area contributed by atoms with E-state index in [4.69, 9.17) is 9.47 Å². The second-order valence-corrected chi connectivity index (χ2v) is 5.05. The minimum Gasteiger partial charge on any atom is -0.504 e. The molecule has 0 unspecified atom stereocenters. The molecule has 0 saturated heterocycles. The van der Waals surface area contributed by atoms with E-state index in [9.17, 15) is 5.11 Å². The van der Waals surface area contributed by atoms with Gasteiger partial charge in [-0.05, 0) is 49.4 Å². The van der Waals surface area contributed by atoms with E-state index in [1.165, 1.54) is 12.8 Å². The number of rotatable bonds is 9. The summed E-state index contributed by atoms with van der Waals surface area (Å²) in [5, 5.41) is 12.9. The van der Waals surface area contributed by atoms with Gasteiger partial charge < -0.3 is 19.9 Å². The Morgan fingerprint density at radius 2 is 2.21 bits per heavy atom. The van der Waals surface area contributed by atoms with Gasteiger partial charge in [0.1, 0.15) is 0 Å². The number of benzene rings is 1. The van der Waals surface area contributed by atoms with Crippen molar-refractivity contribution in [1.82, 2.24) is 5.32 Å². The molecule has 4 nitrogen and oxygen atoms in total. The summed E-state index contributed by atoms with van der Waals surface area (Å²) >= 11 is 0. The van der Waals surface area contributed by atoms with Crippen LogP contribution < -0.4 is 10.1 Å². The van der Waals surface area contributed by atoms with Crippen molar-refractivity contribution in [3.63, 3.8) is 0 Å². The maximum Gasteiger partial charge on any atom is 0.160 e. The van der Waals surface area contributed by atoms with Gasteiger partial charge in [-0.25, -0.2) is 0 Å². The van der Waals surface area contributed by atoms with Crippen LogP contribution >= 0.6 is 0 Å². The van der Waals surface area contributed by atoms with Gasteiger partial charge in [0.2, 0.25) is 0 Å². The topological polar surface area (TPSA) is 50.7 Å². The number of methoxy groups -OCH3 is 1. The molecule has 0 bridgehead atoms. The average molecular weight is 265 g/mol. The highest BCUT2D eigenvalue weighted by atomic mass is 16.5. The number of phenols is 1. The first-order valence-corrected chi connectivity index (χ1v) is 6.94. The van der Waals surface area contributed by atoms with E-state index >= 15 is 0 Å². The van der Waals surface area contributed by atoms with Crippen LogP contribution in [0.1, 0.15) is 24.8 Å². The van der Waals surface area contributed by atoms with Gasteiger partial charge in [-0.1, -0.05) is 6.07 Å². The van der Waals surface area contributed by atoms with Gasteiger partial charge in [0.15, 0.2) is 11.5 Å². The second-order valence-electron chi connectivity index (χ2n) is 5.05. The summed E-state index contributed by atoms with van der Waals surface area (Å²) in [7, 11) is 1.56. The van der Waals surface area contributed by atoms with Gasteiger partial charge in [0.05, 0.1) is 7.11 Å². The molecule has 1 fully saturated rings. The predicted octanol–water partition coefficient (Wildman–Crippen LogP) is 2.31. The zero-order valence-corrected chi connectivity index (χ0v) is 11.5. The monoisotopic (exact) mass is 265 g/mol. The molecule has 19 heavy (non-hydrogen) atoms. The third-order valence-electron chi connectivity index (χ3n) is 3.27.